The summed E-state index contributed by atoms with van der Waals surface area (Å²) in [5.41, 5.74) is 0. The minimum atomic E-state index is -0.211. The third-order valence-electron chi connectivity index (χ3n) is 1.04. The van der Waals surface area contributed by atoms with Gasteiger partial charge in [-0.05, 0) is 0 Å². The zero-order valence-electron chi connectivity index (χ0n) is 5.08. The van der Waals surface area contributed by atoms with Crippen molar-refractivity contribution in [1.82, 2.24) is 0 Å². The Morgan fingerprint density at radius 3 is 2.14 bits per heavy atom. The van der Waals surface area contributed by atoms with E-state index in [-0.39, 0.29) is 10.9 Å². The highest BCUT2D eigenvalue weighted by Crippen LogP contribution is 2.08. The van der Waals surface area contributed by atoms with Crippen LogP contribution in [0.3, 0.4) is 0 Å². The second-order valence-corrected chi connectivity index (χ2v) is 9.67. The van der Waals surface area contributed by atoms with E-state index in [1.807, 2.05) is 0 Å². The lowest BCUT2D eigenvalue weighted by Gasteiger charge is -1.92. The molecule has 2 heteroatoms. The number of hydrogen-bond acceptors (Lipinski definition) is 0. The summed E-state index contributed by atoms with van der Waals surface area (Å²) in [6.07, 6.45) is 1.40. The average Bonchev–Trinajstić information content (AvgIpc) is 1.68. The van der Waals surface area contributed by atoms with Gasteiger partial charge in [0.05, 0.1) is 0 Å². The van der Waals surface area contributed by atoms with Crippen molar-refractivity contribution in [2.45, 2.75) is 30.8 Å². The normalized spacial score (nSPS) is 9.00. The molecule has 0 aromatic carbocycles. The molecule has 0 aromatic heterocycles. The smallest absolute Gasteiger partial charge is 0.209 e. The molecule has 0 rings (SSSR count). The van der Waals surface area contributed by atoms with Crippen LogP contribution in [0.15, 0.2) is 0 Å². The Morgan fingerprint density at radius 2 is 2.00 bits per heavy atom. The van der Waals surface area contributed by atoms with E-state index in [1.165, 1.54) is 17.0 Å². The quantitative estimate of drug-likeness (QED) is 0.512. The van der Waals surface area contributed by atoms with Crippen molar-refractivity contribution in [3.05, 3.63) is 0 Å². The molecule has 0 fully saturated rings. The molecule has 0 heterocycles. The monoisotopic (exact) mass is 226 g/mol. The molecule has 0 spiro atoms. The summed E-state index contributed by atoms with van der Waals surface area (Å²) in [4.78, 5) is 0. The maximum absolute atomic E-state index is 2.64. The molecular weight excluding hydrogens is 214 g/mol. The van der Waals surface area contributed by atoms with Crippen LogP contribution in [0.4, 0.5) is 0 Å². The Balaban J connectivity index is 2.83. The van der Waals surface area contributed by atoms with Crippen molar-refractivity contribution >= 4 is 31.1 Å². The van der Waals surface area contributed by atoms with Crippen molar-refractivity contribution in [3.63, 3.8) is 0 Å². The van der Waals surface area contributed by atoms with Crippen molar-refractivity contribution < 1.29 is 0 Å². The molecule has 0 saturated heterocycles. The number of rotatable bonds is 3. The van der Waals surface area contributed by atoms with E-state index in [2.05, 4.69) is 34.1 Å². The van der Waals surface area contributed by atoms with Crippen molar-refractivity contribution in [2.24, 2.45) is 0 Å². The highest BCUT2D eigenvalue weighted by atomic mass is 127. The lowest BCUT2D eigenvalue weighted by molar-refractivity contribution is 1.07. The maximum atomic E-state index is 2.64. The summed E-state index contributed by atoms with van der Waals surface area (Å²) < 4.78 is 0. The first kappa shape index (κ1) is 8.26. The zero-order valence-corrected chi connectivity index (χ0v) is 8.39. The molecule has 42 valence electrons. The van der Waals surface area contributed by atoms with Gasteiger partial charge in [0.25, 0.3) is 0 Å². The minimum absolute atomic E-state index is 0.211. The second kappa shape index (κ2) is 5.40. The SMILES string of the molecule is CC[CH2][Al]([I])[CH2]C. The number of halogens is 1. The van der Waals surface area contributed by atoms with E-state index >= 15 is 0 Å². The van der Waals surface area contributed by atoms with Crippen LogP contribution >= 0.6 is 20.3 Å². The predicted octanol–water partition coefficient (Wildman–Crippen LogP) is 2.84. The third kappa shape index (κ3) is 5.13. The Kier molecular flexibility index (Phi) is 6.37. The van der Waals surface area contributed by atoms with E-state index in [1.54, 1.807) is 0 Å². The van der Waals surface area contributed by atoms with Crippen molar-refractivity contribution in [1.29, 1.82) is 0 Å². The highest BCUT2D eigenvalue weighted by molar-refractivity contribution is 14.1. The summed E-state index contributed by atoms with van der Waals surface area (Å²) in [5.74, 6) is 0. The molecule has 0 aliphatic carbocycles. The van der Waals surface area contributed by atoms with Crippen LogP contribution in [0.1, 0.15) is 20.3 Å². The molecule has 0 radical (unpaired) electrons. The Hall–Kier alpha value is 1.26. The first-order chi connectivity index (χ1) is 3.31. The van der Waals surface area contributed by atoms with E-state index in [0.29, 0.717) is 0 Å². The van der Waals surface area contributed by atoms with Crippen LogP contribution in [0, 0.1) is 0 Å². The van der Waals surface area contributed by atoms with Gasteiger partial charge < -0.3 is 0 Å². The molecule has 0 amide bonds. The van der Waals surface area contributed by atoms with Crippen LogP contribution in [-0.4, -0.2) is 10.9 Å². The van der Waals surface area contributed by atoms with Gasteiger partial charge in [-0.25, -0.2) is 20.3 Å². The molecule has 0 aromatic rings. The topological polar surface area (TPSA) is 0 Å². The Morgan fingerprint density at radius 1 is 1.43 bits per heavy atom. The lowest BCUT2D eigenvalue weighted by atomic mass is 10.6. The first-order valence-electron chi connectivity index (χ1n) is 2.95. The third-order valence-corrected chi connectivity index (χ3v) is 7.65. The van der Waals surface area contributed by atoms with Gasteiger partial charge in [-0.1, -0.05) is 30.8 Å². The summed E-state index contributed by atoms with van der Waals surface area (Å²) in [5, 5.41) is 2.99. The summed E-state index contributed by atoms with van der Waals surface area (Å²) in [6, 6.07) is 0. The fourth-order valence-electron chi connectivity index (χ4n) is 0.517. The van der Waals surface area contributed by atoms with Gasteiger partial charge in [0.15, 0.2) is 0 Å². The lowest BCUT2D eigenvalue weighted by Crippen LogP contribution is -1.96. The van der Waals surface area contributed by atoms with Crippen LogP contribution < -0.4 is 0 Å². The van der Waals surface area contributed by atoms with Gasteiger partial charge >= 0.3 is 10.9 Å². The molecule has 0 nitrogen and oxygen atoms in total. The minimum Gasteiger partial charge on any atom is -0.209 e. The fourth-order valence-corrected chi connectivity index (χ4v) is 3.42. The van der Waals surface area contributed by atoms with Gasteiger partial charge in [0, 0.05) is 0 Å². The molecule has 0 aliphatic rings. The van der Waals surface area contributed by atoms with Gasteiger partial charge in [0.1, 0.15) is 0 Å². The van der Waals surface area contributed by atoms with Gasteiger partial charge in [0.2, 0.25) is 0 Å². The first-order valence-corrected chi connectivity index (χ1v) is 8.76. The summed E-state index contributed by atoms with van der Waals surface area (Å²) in [7, 11) is -0.211. The van der Waals surface area contributed by atoms with Crippen molar-refractivity contribution in [3.8, 4) is 0 Å². The molecule has 0 N–H and O–H groups in total. The Bertz CT molecular complexity index is 39.1. The molecular formula is C5H12AlI. The molecule has 0 atom stereocenters. The largest absolute Gasteiger partial charge is 0.359 e. The number of hydrogen-bond donors (Lipinski definition) is 0. The summed E-state index contributed by atoms with van der Waals surface area (Å²) >= 11 is 2.64. The maximum Gasteiger partial charge on any atom is 0.359 e. The average molecular weight is 226 g/mol. The van der Waals surface area contributed by atoms with Gasteiger partial charge in [-0.2, -0.15) is 0 Å². The van der Waals surface area contributed by atoms with Crippen molar-refractivity contribution in [2.75, 3.05) is 0 Å². The van der Waals surface area contributed by atoms with Gasteiger partial charge in [-0.3, -0.25) is 0 Å². The van der Waals surface area contributed by atoms with E-state index in [0.717, 1.165) is 0 Å². The Labute approximate surface area is 61.7 Å². The zero-order chi connectivity index (χ0) is 5.70. The van der Waals surface area contributed by atoms with Gasteiger partial charge in [-0.15, -0.1) is 0 Å². The molecule has 7 heavy (non-hydrogen) atoms. The van der Waals surface area contributed by atoms with E-state index in [4.69, 9.17) is 0 Å². The van der Waals surface area contributed by atoms with Crippen LogP contribution in [-0.2, 0) is 0 Å². The highest BCUT2D eigenvalue weighted by Gasteiger charge is 2.06. The molecule has 0 unspecified atom stereocenters. The van der Waals surface area contributed by atoms with Crippen LogP contribution in [0.5, 0.6) is 0 Å². The van der Waals surface area contributed by atoms with E-state index < -0.39 is 0 Å². The molecule has 0 aliphatic heterocycles. The fraction of sp³-hybridized carbons (Fsp3) is 1.00. The standard InChI is InChI=1S/C3H7.C2H5.Al.HI/c1-3-2;1-2;;/h1,3H2,2H3;1H2,2H3;;1H/q;;+1;/p-1. The predicted molar refractivity (Wildman–Crippen MR) is 45.4 cm³/mol. The second-order valence-electron chi connectivity index (χ2n) is 1.79. The molecule has 0 bridgehead atoms. The molecule has 0 saturated carbocycles. The van der Waals surface area contributed by atoms with Crippen LogP contribution in [0.2, 0.25) is 10.6 Å². The summed E-state index contributed by atoms with van der Waals surface area (Å²) in [6.45, 7) is 4.58. The van der Waals surface area contributed by atoms with E-state index in [9.17, 15) is 0 Å². The van der Waals surface area contributed by atoms with Crippen LogP contribution in [0.25, 0.3) is 0 Å².